The molecule has 0 amide bonds. The highest BCUT2D eigenvalue weighted by atomic mass is 19.1. The van der Waals surface area contributed by atoms with Gasteiger partial charge in [0.25, 0.3) is 0 Å². The first-order valence-electron chi connectivity index (χ1n) is 9.66. The van der Waals surface area contributed by atoms with Gasteiger partial charge in [-0.25, -0.2) is 14.0 Å². The third-order valence-corrected chi connectivity index (χ3v) is 4.27. The Morgan fingerprint density at radius 1 is 0.875 bits per heavy atom. The zero-order valence-electron chi connectivity index (χ0n) is 17.7. The summed E-state index contributed by atoms with van der Waals surface area (Å²) in [5.41, 5.74) is 1.87. The summed E-state index contributed by atoms with van der Waals surface area (Å²) in [5.74, 6) is -0.572. The molecule has 0 spiro atoms. The summed E-state index contributed by atoms with van der Waals surface area (Å²) in [5, 5.41) is 0. The zero-order valence-corrected chi connectivity index (χ0v) is 17.7. The van der Waals surface area contributed by atoms with Gasteiger partial charge in [-0.1, -0.05) is 31.4 Å². The van der Waals surface area contributed by atoms with E-state index in [0.29, 0.717) is 28.4 Å². The Bertz CT molecular complexity index is 1220. The topological polar surface area (TPSA) is 65.7 Å². The van der Waals surface area contributed by atoms with Crippen molar-refractivity contribution < 1.29 is 27.9 Å². The van der Waals surface area contributed by atoms with E-state index >= 15 is 0 Å². The molecule has 0 aliphatic carbocycles. The molecule has 3 rings (SSSR count). The minimum absolute atomic E-state index is 0.175. The van der Waals surface area contributed by atoms with Gasteiger partial charge in [0.1, 0.15) is 17.3 Å². The summed E-state index contributed by atoms with van der Waals surface area (Å²) in [4.78, 5) is 23.1. The summed E-state index contributed by atoms with van der Waals surface area (Å²) in [6, 6.07) is 14.6. The van der Waals surface area contributed by atoms with Crippen molar-refractivity contribution >= 4 is 24.1 Å². The zero-order chi connectivity index (χ0) is 23.3. The molecule has 1 aromatic heterocycles. The number of hydrogen-bond acceptors (Lipinski definition) is 5. The molecule has 0 radical (unpaired) electrons. The van der Waals surface area contributed by atoms with E-state index in [2.05, 4.69) is 13.2 Å². The van der Waals surface area contributed by atoms with E-state index in [0.717, 1.165) is 5.56 Å². The van der Waals surface area contributed by atoms with Crippen LogP contribution >= 0.6 is 0 Å². The lowest BCUT2D eigenvalue weighted by Gasteiger charge is -2.06. The van der Waals surface area contributed by atoms with Gasteiger partial charge in [0.2, 0.25) is 0 Å². The van der Waals surface area contributed by atoms with Crippen LogP contribution in [0.2, 0.25) is 0 Å². The highest BCUT2D eigenvalue weighted by molar-refractivity contribution is 5.89. The fourth-order valence-electron chi connectivity index (χ4n) is 2.54. The average Bonchev–Trinajstić information content (AvgIpc) is 3.23. The normalized spacial score (nSPS) is 10.7. The Hall–Kier alpha value is -4.19. The number of carbonyl (C=O) groups excluding carboxylic acids is 2. The quantitative estimate of drug-likeness (QED) is 0.252. The number of carbonyl (C=O) groups is 2. The molecule has 6 heteroatoms. The molecule has 0 bridgehead atoms. The lowest BCUT2D eigenvalue weighted by Crippen LogP contribution is -2.09. The van der Waals surface area contributed by atoms with Crippen LogP contribution in [-0.2, 0) is 9.59 Å². The van der Waals surface area contributed by atoms with E-state index in [1.165, 1.54) is 19.1 Å². The van der Waals surface area contributed by atoms with Crippen LogP contribution in [0.4, 0.5) is 4.39 Å². The van der Waals surface area contributed by atoms with Crippen molar-refractivity contribution in [3.8, 4) is 22.8 Å². The summed E-state index contributed by atoms with van der Waals surface area (Å²) in [6.45, 7) is 10.1. The van der Waals surface area contributed by atoms with Crippen molar-refractivity contribution in [3.63, 3.8) is 0 Å². The number of esters is 2. The molecule has 0 fully saturated rings. The van der Waals surface area contributed by atoms with Gasteiger partial charge in [-0.15, -0.1) is 0 Å². The van der Waals surface area contributed by atoms with Crippen molar-refractivity contribution in [1.82, 2.24) is 0 Å². The first kappa shape index (κ1) is 22.5. The van der Waals surface area contributed by atoms with Crippen molar-refractivity contribution in [2.45, 2.75) is 13.8 Å². The fourth-order valence-corrected chi connectivity index (χ4v) is 2.54. The van der Waals surface area contributed by atoms with Crippen LogP contribution in [0.15, 0.2) is 83.3 Å². The Morgan fingerprint density at radius 3 is 2.16 bits per heavy atom. The third-order valence-electron chi connectivity index (χ3n) is 4.27. The molecule has 0 atom stereocenters. The van der Waals surface area contributed by atoms with Crippen LogP contribution in [0, 0.1) is 5.82 Å². The van der Waals surface area contributed by atoms with Gasteiger partial charge in [-0.3, -0.25) is 0 Å². The molecule has 0 unspecified atom stereocenters. The monoisotopic (exact) mass is 432 g/mol. The minimum atomic E-state index is -0.691. The first-order chi connectivity index (χ1) is 15.2. The molecule has 2 aromatic carbocycles. The van der Waals surface area contributed by atoms with Gasteiger partial charge in [-0.05, 0) is 68.0 Å². The molecule has 5 nitrogen and oxygen atoms in total. The Kier molecular flexibility index (Phi) is 6.85. The van der Waals surface area contributed by atoms with E-state index in [9.17, 15) is 14.0 Å². The van der Waals surface area contributed by atoms with E-state index in [1.54, 1.807) is 55.5 Å². The van der Waals surface area contributed by atoms with E-state index in [-0.39, 0.29) is 11.3 Å². The lowest BCUT2D eigenvalue weighted by atomic mass is 10.1. The van der Waals surface area contributed by atoms with Crippen molar-refractivity contribution in [1.29, 1.82) is 0 Å². The van der Waals surface area contributed by atoms with Gasteiger partial charge in [-0.2, -0.15) is 0 Å². The number of furan rings is 1. The van der Waals surface area contributed by atoms with Crippen LogP contribution in [-0.4, -0.2) is 11.9 Å². The molecular weight excluding hydrogens is 411 g/mol. The second-order valence-corrected chi connectivity index (χ2v) is 7.09. The number of rotatable bonds is 7. The lowest BCUT2D eigenvalue weighted by molar-refractivity contribution is -0.131. The van der Waals surface area contributed by atoms with Crippen molar-refractivity contribution in [2.24, 2.45) is 0 Å². The van der Waals surface area contributed by atoms with E-state index in [4.69, 9.17) is 13.9 Å². The maximum absolute atomic E-state index is 14.3. The Labute approximate surface area is 185 Å². The Morgan fingerprint density at radius 2 is 1.53 bits per heavy atom. The molecule has 162 valence electrons. The standard InChI is InChI=1S/C26H21FO5/c1-16(2)25(28)31-21-10-6-18(7-11-21)5-9-20-12-14-23(30-20)19-8-13-24(22(27)15-19)32-26(29)17(3)4/h5-15H,1,3H2,2,4H3/b9-5+. The molecule has 0 aliphatic heterocycles. The highest BCUT2D eigenvalue weighted by Crippen LogP contribution is 2.28. The largest absolute Gasteiger partial charge is 0.457 e. The number of ether oxygens (including phenoxy) is 2. The molecule has 0 N–H and O–H groups in total. The first-order valence-corrected chi connectivity index (χ1v) is 9.66. The molecule has 1 heterocycles. The maximum atomic E-state index is 14.3. The van der Waals surface area contributed by atoms with Crippen molar-refractivity contribution in [3.05, 3.63) is 96.0 Å². The number of halogens is 1. The van der Waals surface area contributed by atoms with Crippen LogP contribution in [0.5, 0.6) is 11.5 Å². The average molecular weight is 432 g/mol. The second-order valence-electron chi connectivity index (χ2n) is 7.09. The maximum Gasteiger partial charge on any atom is 0.338 e. The highest BCUT2D eigenvalue weighted by Gasteiger charge is 2.13. The van der Waals surface area contributed by atoms with Crippen LogP contribution in [0.3, 0.4) is 0 Å². The van der Waals surface area contributed by atoms with E-state index < -0.39 is 17.8 Å². The summed E-state index contributed by atoms with van der Waals surface area (Å²) >= 11 is 0. The molecule has 3 aromatic rings. The van der Waals surface area contributed by atoms with Gasteiger partial charge in [0, 0.05) is 16.7 Å². The molecule has 0 saturated carbocycles. The van der Waals surface area contributed by atoms with Gasteiger partial charge in [0.15, 0.2) is 11.6 Å². The predicted octanol–water partition coefficient (Wildman–Crippen LogP) is 6.22. The minimum Gasteiger partial charge on any atom is -0.457 e. The van der Waals surface area contributed by atoms with Crippen LogP contribution in [0.1, 0.15) is 25.2 Å². The van der Waals surface area contributed by atoms with Gasteiger partial charge >= 0.3 is 11.9 Å². The molecule has 0 saturated heterocycles. The summed E-state index contributed by atoms with van der Waals surface area (Å²) in [7, 11) is 0. The van der Waals surface area contributed by atoms with Gasteiger partial charge < -0.3 is 13.9 Å². The van der Waals surface area contributed by atoms with Crippen LogP contribution in [0.25, 0.3) is 23.5 Å². The third kappa shape index (κ3) is 5.70. The smallest absolute Gasteiger partial charge is 0.338 e. The van der Waals surface area contributed by atoms with Crippen LogP contribution < -0.4 is 9.47 Å². The number of benzene rings is 2. The predicted molar refractivity (Wildman–Crippen MR) is 120 cm³/mol. The summed E-state index contributed by atoms with van der Waals surface area (Å²) < 4.78 is 30.1. The van der Waals surface area contributed by atoms with Gasteiger partial charge in [0.05, 0.1) is 0 Å². The molecule has 32 heavy (non-hydrogen) atoms. The second kappa shape index (κ2) is 9.75. The molecular formula is C26H21FO5. The SMILES string of the molecule is C=C(C)C(=O)Oc1ccc(/C=C/c2ccc(-c3ccc(OC(=O)C(=C)C)c(F)c3)o2)cc1. The van der Waals surface area contributed by atoms with Crippen molar-refractivity contribution in [2.75, 3.05) is 0 Å². The summed E-state index contributed by atoms with van der Waals surface area (Å²) in [6.07, 6.45) is 3.59. The van der Waals surface area contributed by atoms with E-state index in [1.807, 2.05) is 6.08 Å². The molecule has 0 aliphatic rings. The fraction of sp³-hybridized carbons (Fsp3) is 0.0769. The Balaban J connectivity index is 1.68. The number of hydrogen-bond donors (Lipinski definition) is 0.